The van der Waals surface area contributed by atoms with E-state index in [1.165, 1.54) is 30.2 Å². The van der Waals surface area contributed by atoms with Crippen molar-refractivity contribution in [3.8, 4) is 11.4 Å². The molecule has 1 aromatic heterocycles. The van der Waals surface area contributed by atoms with Gasteiger partial charge in [-0.3, -0.25) is 29.9 Å². The van der Waals surface area contributed by atoms with E-state index in [0.29, 0.717) is 22.8 Å². The summed E-state index contributed by atoms with van der Waals surface area (Å²) in [7, 11) is 1.53. The predicted octanol–water partition coefficient (Wildman–Crippen LogP) is 3.23. The number of carbonyl (C=O) groups is 2. The van der Waals surface area contributed by atoms with Crippen LogP contribution < -0.4 is 15.0 Å². The number of hydrogen-bond donors (Lipinski definition) is 1. The molecule has 0 aliphatic carbocycles. The minimum Gasteiger partial charge on any atom is -0.497 e. The summed E-state index contributed by atoms with van der Waals surface area (Å²) < 4.78 is 6.78. The molecule has 1 N–H and O–H groups in total. The smallest absolute Gasteiger partial charge is 0.271 e. The molecule has 0 radical (unpaired) electrons. The summed E-state index contributed by atoms with van der Waals surface area (Å²) in [6.45, 7) is 0. The van der Waals surface area contributed by atoms with Crippen LogP contribution in [0.5, 0.6) is 5.75 Å². The van der Waals surface area contributed by atoms with E-state index in [-0.39, 0.29) is 16.4 Å². The number of nitrogens with one attached hydrogen (secondary N) is 1. The van der Waals surface area contributed by atoms with Crippen LogP contribution in [0.25, 0.3) is 11.8 Å². The van der Waals surface area contributed by atoms with Gasteiger partial charge < -0.3 is 9.30 Å². The molecule has 0 saturated carbocycles. The molecule has 10 heteroatoms. The number of non-ortho nitro benzene ring substituents is 1. The molecule has 9 nitrogen and oxygen atoms in total. The highest BCUT2D eigenvalue weighted by atomic mass is 32.1. The fourth-order valence-electron chi connectivity index (χ4n) is 3.27. The maximum absolute atomic E-state index is 13.2. The Morgan fingerprint density at radius 1 is 1.06 bits per heavy atom. The first kappa shape index (κ1) is 20.9. The number of nitrogens with zero attached hydrogens (tertiary/aromatic N) is 3. The number of hydrogen-bond acceptors (Lipinski definition) is 6. The molecule has 1 aliphatic rings. The minimum atomic E-state index is -0.628. The molecule has 2 aromatic carbocycles. The summed E-state index contributed by atoms with van der Waals surface area (Å²) >= 11 is 5.21. The number of thiocarbonyl (C=S) groups is 1. The number of aromatic nitrogens is 1. The summed E-state index contributed by atoms with van der Waals surface area (Å²) in [6, 6.07) is 16.1. The summed E-state index contributed by atoms with van der Waals surface area (Å²) in [5.74, 6) is -0.606. The fourth-order valence-corrected chi connectivity index (χ4v) is 3.56. The maximum Gasteiger partial charge on any atom is 0.271 e. The van der Waals surface area contributed by atoms with Gasteiger partial charge in [-0.25, -0.2) is 0 Å². The van der Waals surface area contributed by atoms with Crippen LogP contribution in [0.1, 0.15) is 5.69 Å². The van der Waals surface area contributed by atoms with Crippen LogP contribution in [0.3, 0.4) is 0 Å². The van der Waals surface area contributed by atoms with Gasteiger partial charge in [0.1, 0.15) is 11.3 Å². The number of anilines is 1. The van der Waals surface area contributed by atoms with E-state index in [1.54, 1.807) is 59.3 Å². The Bertz CT molecular complexity index is 1280. The number of nitro groups is 1. The number of benzene rings is 2. The van der Waals surface area contributed by atoms with Gasteiger partial charge in [-0.2, -0.15) is 0 Å². The second-order valence-electron chi connectivity index (χ2n) is 6.74. The van der Waals surface area contributed by atoms with Gasteiger partial charge in [-0.15, -0.1) is 0 Å². The van der Waals surface area contributed by atoms with Crippen molar-refractivity contribution >= 4 is 46.6 Å². The van der Waals surface area contributed by atoms with Crippen molar-refractivity contribution < 1.29 is 19.2 Å². The third-order valence-corrected chi connectivity index (χ3v) is 5.11. The van der Waals surface area contributed by atoms with Crippen molar-refractivity contribution in [2.45, 2.75) is 0 Å². The molecule has 0 spiro atoms. The van der Waals surface area contributed by atoms with E-state index >= 15 is 0 Å². The molecule has 3 aromatic rings. The third kappa shape index (κ3) is 3.86. The van der Waals surface area contributed by atoms with Gasteiger partial charge in [0, 0.05) is 24.0 Å². The molecular weight excluding hydrogens is 432 g/mol. The average Bonchev–Trinajstić information content (AvgIpc) is 3.25. The molecule has 160 valence electrons. The quantitative estimate of drug-likeness (QED) is 0.211. The molecule has 0 unspecified atom stereocenters. The summed E-state index contributed by atoms with van der Waals surface area (Å²) in [5.41, 5.74) is 1.28. The first-order valence-corrected chi connectivity index (χ1v) is 9.77. The molecule has 2 amide bonds. The zero-order valence-corrected chi connectivity index (χ0v) is 17.5. The van der Waals surface area contributed by atoms with Crippen LogP contribution in [0.4, 0.5) is 11.4 Å². The summed E-state index contributed by atoms with van der Waals surface area (Å²) in [5, 5.41) is 13.6. The molecule has 0 bridgehead atoms. The van der Waals surface area contributed by atoms with Crippen LogP contribution in [-0.4, -0.2) is 33.5 Å². The zero-order valence-electron chi connectivity index (χ0n) is 16.7. The Balaban J connectivity index is 1.72. The molecular formula is C22H16N4O5S. The van der Waals surface area contributed by atoms with Gasteiger partial charge in [-0.05, 0) is 60.8 Å². The lowest BCUT2D eigenvalue weighted by Gasteiger charge is -2.29. The van der Waals surface area contributed by atoms with Crippen LogP contribution in [-0.2, 0) is 9.59 Å². The van der Waals surface area contributed by atoms with Gasteiger partial charge in [-0.1, -0.05) is 6.07 Å². The molecule has 1 fully saturated rings. The minimum absolute atomic E-state index is 0.0311. The normalized spacial score (nSPS) is 15.1. The zero-order chi connectivity index (χ0) is 22.8. The fraction of sp³-hybridized carbons (Fsp3) is 0.0455. The molecule has 1 aliphatic heterocycles. The van der Waals surface area contributed by atoms with Crippen molar-refractivity contribution in [1.82, 2.24) is 9.88 Å². The second kappa shape index (κ2) is 8.44. The van der Waals surface area contributed by atoms with Crippen molar-refractivity contribution in [3.05, 3.63) is 88.2 Å². The van der Waals surface area contributed by atoms with Crippen LogP contribution >= 0.6 is 12.2 Å². The van der Waals surface area contributed by atoms with Gasteiger partial charge in [0.25, 0.3) is 17.5 Å². The molecule has 0 atom stereocenters. The van der Waals surface area contributed by atoms with Crippen molar-refractivity contribution in [1.29, 1.82) is 0 Å². The SMILES string of the molecule is COc1ccc(N2C(=O)/C(=C/c3cccn3-c3cccc([N+](=O)[O-])c3)C(=O)NC2=S)cc1. The van der Waals surface area contributed by atoms with Crippen LogP contribution in [0, 0.1) is 10.1 Å². The van der Waals surface area contributed by atoms with Gasteiger partial charge in [0.05, 0.1) is 23.4 Å². The predicted molar refractivity (Wildman–Crippen MR) is 122 cm³/mol. The Labute approximate surface area is 187 Å². The Kier molecular flexibility index (Phi) is 5.52. The monoisotopic (exact) mass is 448 g/mol. The summed E-state index contributed by atoms with van der Waals surface area (Å²) in [4.78, 5) is 37.6. The average molecular weight is 448 g/mol. The number of methoxy groups -OCH3 is 1. The topological polar surface area (TPSA) is 107 Å². The molecule has 2 heterocycles. The second-order valence-corrected chi connectivity index (χ2v) is 7.12. The summed E-state index contributed by atoms with van der Waals surface area (Å²) in [6.07, 6.45) is 3.11. The van der Waals surface area contributed by atoms with Gasteiger partial charge >= 0.3 is 0 Å². The van der Waals surface area contributed by atoms with E-state index in [4.69, 9.17) is 17.0 Å². The number of carbonyl (C=O) groups excluding carboxylic acids is 2. The van der Waals surface area contributed by atoms with E-state index < -0.39 is 16.7 Å². The Hall–Kier alpha value is -4.31. The third-order valence-electron chi connectivity index (χ3n) is 4.82. The van der Waals surface area contributed by atoms with Gasteiger partial charge in [0.15, 0.2) is 5.11 Å². The molecule has 1 saturated heterocycles. The van der Waals surface area contributed by atoms with E-state index in [1.807, 2.05) is 0 Å². The standard InChI is InChI=1S/C22H16N4O5S/c1-31-18-9-7-14(8-10-18)25-21(28)19(20(27)23-22(25)32)13-16-6-3-11-24(16)15-4-2-5-17(12-15)26(29)30/h2-13H,1H3,(H,23,27,32)/b19-13+. The largest absolute Gasteiger partial charge is 0.497 e. The first-order valence-electron chi connectivity index (χ1n) is 9.37. The maximum atomic E-state index is 13.2. The number of rotatable bonds is 5. The van der Waals surface area contributed by atoms with Gasteiger partial charge in [0.2, 0.25) is 0 Å². The number of ether oxygens (including phenoxy) is 1. The lowest BCUT2D eigenvalue weighted by atomic mass is 10.1. The van der Waals surface area contributed by atoms with Crippen molar-refractivity contribution in [3.63, 3.8) is 0 Å². The van der Waals surface area contributed by atoms with E-state index in [9.17, 15) is 19.7 Å². The number of nitro benzene ring substituents is 1. The Morgan fingerprint density at radius 3 is 2.50 bits per heavy atom. The number of amides is 2. The first-order chi connectivity index (χ1) is 15.4. The Morgan fingerprint density at radius 2 is 1.81 bits per heavy atom. The highest BCUT2D eigenvalue weighted by Gasteiger charge is 2.34. The lowest BCUT2D eigenvalue weighted by Crippen LogP contribution is -2.54. The van der Waals surface area contributed by atoms with Crippen LogP contribution in [0.2, 0.25) is 0 Å². The molecule has 32 heavy (non-hydrogen) atoms. The van der Waals surface area contributed by atoms with E-state index in [2.05, 4.69) is 5.32 Å². The van der Waals surface area contributed by atoms with Crippen molar-refractivity contribution in [2.75, 3.05) is 12.0 Å². The van der Waals surface area contributed by atoms with Crippen molar-refractivity contribution in [2.24, 2.45) is 0 Å². The lowest BCUT2D eigenvalue weighted by molar-refractivity contribution is -0.384. The molecule has 4 rings (SSSR count). The highest BCUT2D eigenvalue weighted by molar-refractivity contribution is 7.80. The highest BCUT2D eigenvalue weighted by Crippen LogP contribution is 2.25. The van der Waals surface area contributed by atoms with E-state index in [0.717, 1.165) is 0 Å². The van der Waals surface area contributed by atoms with Crippen LogP contribution in [0.15, 0.2) is 72.4 Å².